The minimum Gasteiger partial charge on any atom is -0.444 e. The molecule has 1 aliphatic heterocycles. The van der Waals surface area contributed by atoms with Crippen LogP contribution in [0.1, 0.15) is 41.5 Å². The summed E-state index contributed by atoms with van der Waals surface area (Å²) in [6, 6.07) is 0. The minimum absolute atomic E-state index is 0. The van der Waals surface area contributed by atoms with Gasteiger partial charge in [0.05, 0.1) is 25.3 Å². The maximum absolute atomic E-state index is 12.1. The highest BCUT2D eigenvalue weighted by Gasteiger charge is 2.43. The highest BCUT2D eigenvalue weighted by atomic mass is 35.5. The molecule has 1 amide bonds. The van der Waals surface area contributed by atoms with Crippen LogP contribution < -0.4 is 0 Å². The summed E-state index contributed by atoms with van der Waals surface area (Å²) in [5.41, 5.74) is -1.75. The van der Waals surface area contributed by atoms with Crippen molar-refractivity contribution in [2.75, 3.05) is 19.7 Å². The van der Waals surface area contributed by atoms with Crippen molar-refractivity contribution in [3.8, 4) is 0 Å². The number of carbonyl (C=O) groups is 1. The van der Waals surface area contributed by atoms with Gasteiger partial charge >= 0.3 is 6.09 Å². The van der Waals surface area contributed by atoms with Gasteiger partial charge in [-0.2, -0.15) is 0 Å². The fraction of sp³-hybridized carbons (Fsp3) is 0.923. The Balaban J connectivity index is 0.00000324. The van der Waals surface area contributed by atoms with Crippen LogP contribution in [0.5, 0.6) is 0 Å². The monoisotopic (exact) mass is 295 g/mol. The molecule has 5 nitrogen and oxygen atoms in total. The highest BCUT2D eigenvalue weighted by molar-refractivity contribution is 5.85. The van der Waals surface area contributed by atoms with Gasteiger partial charge < -0.3 is 19.5 Å². The number of aliphatic hydroxyl groups is 1. The van der Waals surface area contributed by atoms with E-state index in [-0.39, 0.29) is 25.1 Å². The number of hydrogen-bond acceptors (Lipinski definition) is 4. The van der Waals surface area contributed by atoms with Crippen molar-refractivity contribution >= 4 is 18.5 Å². The molecule has 0 aliphatic carbocycles. The van der Waals surface area contributed by atoms with Crippen molar-refractivity contribution in [1.82, 2.24) is 4.90 Å². The van der Waals surface area contributed by atoms with Crippen LogP contribution in [0, 0.1) is 0 Å². The first-order chi connectivity index (χ1) is 7.96. The maximum Gasteiger partial charge on any atom is 0.410 e. The molecule has 6 heteroatoms. The summed E-state index contributed by atoms with van der Waals surface area (Å²) in [5.74, 6) is 0. The summed E-state index contributed by atoms with van der Waals surface area (Å²) in [4.78, 5) is 13.7. The van der Waals surface area contributed by atoms with Gasteiger partial charge in [0.1, 0.15) is 11.2 Å². The maximum atomic E-state index is 12.1. The van der Waals surface area contributed by atoms with E-state index in [2.05, 4.69) is 0 Å². The van der Waals surface area contributed by atoms with Crippen LogP contribution in [0.25, 0.3) is 0 Å². The highest BCUT2D eigenvalue weighted by Crippen LogP contribution is 2.29. The second-order valence-electron chi connectivity index (χ2n) is 6.81. The van der Waals surface area contributed by atoms with Gasteiger partial charge in [0.25, 0.3) is 0 Å². The molecule has 1 N–H and O–H groups in total. The minimum atomic E-state index is -0.737. The second-order valence-corrected chi connectivity index (χ2v) is 6.81. The summed E-state index contributed by atoms with van der Waals surface area (Å²) in [6.45, 7) is 11.8. The summed E-state index contributed by atoms with van der Waals surface area (Å²) < 4.78 is 11.2. The Hall–Kier alpha value is -0.520. The van der Waals surface area contributed by atoms with Gasteiger partial charge in [0, 0.05) is 0 Å². The van der Waals surface area contributed by atoms with Crippen LogP contribution in [0.15, 0.2) is 0 Å². The number of ether oxygens (including phenoxy) is 2. The van der Waals surface area contributed by atoms with Gasteiger partial charge in [-0.25, -0.2) is 4.79 Å². The first-order valence-electron chi connectivity index (χ1n) is 6.25. The third kappa shape index (κ3) is 5.55. The molecule has 1 aliphatic rings. The molecular weight excluding hydrogens is 270 g/mol. The largest absolute Gasteiger partial charge is 0.444 e. The van der Waals surface area contributed by atoms with E-state index in [1.54, 1.807) is 11.8 Å². The fourth-order valence-electron chi connectivity index (χ4n) is 2.19. The SMILES string of the molecule is CC(C)(C)OC(=O)N1CC(C)(C)OC(C)(CO)C1.Cl. The topological polar surface area (TPSA) is 59.0 Å². The summed E-state index contributed by atoms with van der Waals surface area (Å²) >= 11 is 0. The molecule has 1 atom stereocenters. The van der Waals surface area contributed by atoms with E-state index in [4.69, 9.17) is 9.47 Å². The van der Waals surface area contributed by atoms with Gasteiger partial charge in [-0.3, -0.25) is 0 Å². The number of carbonyl (C=O) groups excluding carboxylic acids is 1. The molecule has 0 saturated carbocycles. The van der Waals surface area contributed by atoms with Gasteiger partial charge in [0.15, 0.2) is 0 Å². The van der Waals surface area contributed by atoms with Crippen LogP contribution in [0.4, 0.5) is 4.79 Å². The van der Waals surface area contributed by atoms with E-state index in [0.29, 0.717) is 13.1 Å². The Morgan fingerprint density at radius 2 is 1.84 bits per heavy atom. The van der Waals surface area contributed by atoms with E-state index in [1.807, 2.05) is 34.6 Å². The van der Waals surface area contributed by atoms with E-state index in [9.17, 15) is 9.90 Å². The molecule has 1 heterocycles. The van der Waals surface area contributed by atoms with Crippen molar-refractivity contribution < 1.29 is 19.4 Å². The lowest BCUT2D eigenvalue weighted by molar-refractivity contribution is -0.198. The summed E-state index contributed by atoms with van der Waals surface area (Å²) in [6.07, 6.45) is -0.362. The van der Waals surface area contributed by atoms with Crippen LogP contribution in [-0.2, 0) is 9.47 Å². The number of amides is 1. The predicted octanol–water partition coefficient (Wildman–Crippen LogP) is 2.21. The van der Waals surface area contributed by atoms with Crippen molar-refractivity contribution in [2.24, 2.45) is 0 Å². The molecule has 0 aromatic heterocycles. The number of hydrogen-bond donors (Lipinski definition) is 1. The van der Waals surface area contributed by atoms with E-state index >= 15 is 0 Å². The second kappa shape index (κ2) is 5.85. The lowest BCUT2D eigenvalue weighted by atomic mass is 9.98. The lowest BCUT2D eigenvalue weighted by Gasteiger charge is -2.47. The molecule has 114 valence electrons. The molecule has 0 aromatic rings. The molecule has 1 saturated heterocycles. The average Bonchev–Trinajstić information content (AvgIpc) is 2.12. The van der Waals surface area contributed by atoms with Crippen LogP contribution in [-0.4, -0.2) is 52.6 Å². The van der Waals surface area contributed by atoms with Crippen molar-refractivity contribution in [2.45, 2.75) is 58.3 Å². The number of rotatable bonds is 1. The van der Waals surface area contributed by atoms with Crippen LogP contribution in [0.2, 0.25) is 0 Å². The quantitative estimate of drug-likeness (QED) is 0.806. The normalized spacial score (nSPS) is 26.6. The Morgan fingerprint density at radius 1 is 1.32 bits per heavy atom. The van der Waals surface area contributed by atoms with Crippen molar-refractivity contribution in [3.63, 3.8) is 0 Å². The Kier molecular flexibility index (Phi) is 5.69. The molecule has 0 aromatic carbocycles. The first-order valence-corrected chi connectivity index (χ1v) is 6.25. The average molecular weight is 296 g/mol. The molecule has 19 heavy (non-hydrogen) atoms. The molecule has 0 spiro atoms. The molecule has 0 bridgehead atoms. The van der Waals surface area contributed by atoms with Crippen molar-refractivity contribution in [3.05, 3.63) is 0 Å². The third-order valence-electron chi connectivity index (χ3n) is 2.61. The Morgan fingerprint density at radius 3 is 2.26 bits per heavy atom. The van der Waals surface area contributed by atoms with E-state index in [0.717, 1.165) is 0 Å². The van der Waals surface area contributed by atoms with Gasteiger partial charge in [-0.15, -0.1) is 12.4 Å². The number of morpholine rings is 1. The van der Waals surface area contributed by atoms with Crippen LogP contribution in [0.3, 0.4) is 0 Å². The molecule has 1 unspecified atom stereocenters. The summed E-state index contributed by atoms with van der Waals surface area (Å²) in [7, 11) is 0. The molecule has 1 rings (SSSR count). The lowest BCUT2D eigenvalue weighted by Crippen LogP contribution is -2.61. The van der Waals surface area contributed by atoms with Gasteiger partial charge in [-0.1, -0.05) is 0 Å². The van der Waals surface area contributed by atoms with Gasteiger partial charge in [-0.05, 0) is 41.5 Å². The molecule has 0 radical (unpaired) electrons. The summed E-state index contributed by atoms with van der Waals surface area (Å²) in [5, 5.41) is 9.41. The van der Waals surface area contributed by atoms with E-state index < -0.39 is 16.8 Å². The number of aliphatic hydroxyl groups excluding tert-OH is 1. The molecule has 1 fully saturated rings. The first kappa shape index (κ1) is 18.5. The standard InChI is InChI=1S/C13H25NO4.ClH/c1-11(2,3)17-10(16)14-7-12(4,5)18-13(6,8-14)9-15;/h15H,7-9H2,1-6H3;1H. The van der Waals surface area contributed by atoms with Crippen LogP contribution >= 0.6 is 12.4 Å². The predicted molar refractivity (Wildman–Crippen MR) is 75.7 cm³/mol. The number of halogens is 1. The Labute approximate surface area is 121 Å². The third-order valence-corrected chi connectivity index (χ3v) is 2.61. The Bertz CT molecular complexity index is 327. The van der Waals surface area contributed by atoms with E-state index in [1.165, 1.54) is 0 Å². The van der Waals surface area contributed by atoms with Gasteiger partial charge in [0.2, 0.25) is 0 Å². The zero-order chi connectivity index (χ0) is 14.2. The van der Waals surface area contributed by atoms with Crippen molar-refractivity contribution in [1.29, 1.82) is 0 Å². The smallest absolute Gasteiger partial charge is 0.410 e. The zero-order valence-corrected chi connectivity index (χ0v) is 13.5. The molecular formula is C13H26ClNO4. The zero-order valence-electron chi connectivity index (χ0n) is 12.6. The number of nitrogens with zero attached hydrogens (tertiary/aromatic N) is 1. The fourth-order valence-corrected chi connectivity index (χ4v) is 2.19.